The van der Waals surface area contributed by atoms with Gasteiger partial charge in [-0.3, -0.25) is 9.59 Å². The van der Waals surface area contributed by atoms with Crippen LogP contribution in [0.25, 0.3) is 56.2 Å². The summed E-state index contributed by atoms with van der Waals surface area (Å²) in [6.07, 6.45) is -0.0897. The van der Waals surface area contributed by atoms with E-state index in [1.54, 1.807) is 97.8 Å². The fraction of sp³-hybridized carbons (Fsp3) is 0.149. The van der Waals surface area contributed by atoms with Crippen molar-refractivity contribution in [2.45, 2.75) is 46.5 Å². The van der Waals surface area contributed by atoms with E-state index in [0.717, 1.165) is 35.5 Å². The van der Waals surface area contributed by atoms with Crippen LogP contribution in [-0.4, -0.2) is 60.4 Å². The summed E-state index contributed by atoms with van der Waals surface area (Å²) in [4.78, 5) is 45.9. The zero-order chi connectivity index (χ0) is 49.4. The second-order valence-corrected chi connectivity index (χ2v) is 15.9. The molecule has 0 spiro atoms. The van der Waals surface area contributed by atoms with Gasteiger partial charge < -0.3 is 33.9 Å². The molecule has 6 aromatic heterocycles. The van der Waals surface area contributed by atoms with Crippen LogP contribution in [0.15, 0.2) is 119 Å². The molecule has 69 heavy (non-hydrogen) atoms. The maximum absolute atomic E-state index is 13.6. The zero-order valence-corrected chi connectivity index (χ0v) is 37.3. The quantitative estimate of drug-likeness (QED) is 0.0565. The van der Waals surface area contributed by atoms with Crippen LogP contribution in [0.3, 0.4) is 0 Å². The molecule has 10 aromatic rings. The molecule has 4 N–H and O–H groups in total. The predicted octanol–water partition coefficient (Wildman–Crippen LogP) is 11.2. The molecule has 0 bridgehead atoms. The summed E-state index contributed by atoms with van der Waals surface area (Å²) >= 11 is 5.11. The minimum absolute atomic E-state index is 0.125. The van der Waals surface area contributed by atoms with Crippen molar-refractivity contribution in [3.05, 3.63) is 161 Å². The predicted molar refractivity (Wildman–Crippen MR) is 242 cm³/mol. The third-order valence-corrected chi connectivity index (χ3v) is 10.9. The van der Waals surface area contributed by atoms with E-state index in [4.69, 9.17) is 21.9 Å². The molecular weight excluding hydrogens is 932 g/mol. The molecule has 0 saturated carbocycles. The average Bonchev–Trinajstić information content (AvgIpc) is 4.17. The first-order valence-electron chi connectivity index (χ1n) is 20.4. The maximum atomic E-state index is 13.6. The number of aryl methyl sites for hydroxylation is 4. The van der Waals surface area contributed by atoms with Gasteiger partial charge in [0.25, 0.3) is 5.24 Å². The monoisotopic (exact) mass is 967 g/mol. The number of Topliss-reactive ketones (excluding diaryl/α,β-unsaturated/α-hetero) is 1. The topological polar surface area (TPSA) is 205 Å². The number of nitrogens with one attached hydrogen (secondary N) is 2. The molecule has 0 saturated heterocycles. The van der Waals surface area contributed by atoms with Gasteiger partial charge in [-0.1, -0.05) is 16.4 Å². The van der Waals surface area contributed by atoms with Gasteiger partial charge in [0, 0.05) is 58.4 Å². The van der Waals surface area contributed by atoms with E-state index >= 15 is 0 Å². The van der Waals surface area contributed by atoms with Gasteiger partial charge in [0.15, 0.2) is 5.78 Å². The molecule has 6 heterocycles. The summed E-state index contributed by atoms with van der Waals surface area (Å²) in [7, 11) is 0. The Morgan fingerprint density at radius 1 is 0.638 bits per heavy atom. The van der Waals surface area contributed by atoms with Crippen LogP contribution in [0.1, 0.15) is 60.3 Å². The number of benzene rings is 4. The van der Waals surface area contributed by atoms with E-state index in [0.29, 0.717) is 84.7 Å². The highest BCUT2D eigenvalue weighted by atomic mass is 35.5. The van der Waals surface area contributed by atoms with Gasteiger partial charge in [-0.25, -0.2) is 19.9 Å². The number of H-pyrrole nitrogens is 2. The number of imidazole rings is 4. The molecule has 352 valence electrons. The smallest absolute Gasteiger partial charge is 0.399 e. The molecule has 22 heteroatoms. The van der Waals surface area contributed by atoms with Crippen LogP contribution in [0, 0.1) is 27.7 Å². The second kappa shape index (κ2) is 18.7. The normalized spacial score (nSPS) is 11.6. The largest absolute Gasteiger partial charge is 0.416 e. The van der Waals surface area contributed by atoms with Crippen LogP contribution >= 0.6 is 11.6 Å². The number of carbonyl (C=O) groups excluding carboxylic acids is 2. The fourth-order valence-corrected chi connectivity index (χ4v) is 7.35. The Morgan fingerprint density at radius 3 is 1.54 bits per heavy atom. The Bertz CT molecular complexity index is 3510. The summed E-state index contributed by atoms with van der Waals surface area (Å²) in [5, 5.41) is 6.46. The summed E-state index contributed by atoms with van der Waals surface area (Å²) in [6, 6.07) is 18.0. The number of anilines is 1. The molecular formula is C47H36ClF6N11O4. The van der Waals surface area contributed by atoms with Gasteiger partial charge >= 0.3 is 12.4 Å². The standard InChI is InChI=1S/C24H18F3N5O2.C18H14F3N5.C5H4ClNO2/c1-13-10-28-12-32(13)18-8-16(7-17(9-18)24(25,26)27)23-30-20-4-3-15(5-21(20)31-23)6-22(33)19-11-29-34-14(19)2;1-10-8-23-9-26(10)14-5-11(4-12(6-14)18(19,20)21)17-24-15-3-2-13(22)7-16(15)25-17;1-3-4(5(6)8)2-7-9-3/h3-5,7-12H,6H2,1-2H3,(H,30,31);2-9H,22H2,1H3,(H,24,25);2H,1H3. The van der Waals surface area contributed by atoms with Crippen molar-refractivity contribution in [3.63, 3.8) is 0 Å². The summed E-state index contributed by atoms with van der Waals surface area (Å²) in [6.45, 7) is 6.83. The molecule has 0 aliphatic rings. The van der Waals surface area contributed by atoms with Crippen molar-refractivity contribution in [2.24, 2.45) is 0 Å². The van der Waals surface area contributed by atoms with Crippen molar-refractivity contribution in [1.82, 2.24) is 49.4 Å². The van der Waals surface area contributed by atoms with Gasteiger partial charge in [0.2, 0.25) is 0 Å². The molecule has 0 aliphatic carbocycles. The van der Waals surface area contributed by atoms with E-state index in [-0.39, 0.29) is 17.8 Å². The summed E-state index contributed by atoms with van der Waals surface area (Å²) < 4.78 is 93.8. The lowest BCUT2D eigenvalue weighted by atomic mass is 10.0. The maximum Gasteiger partial charge on any atom is 0.416 e. The van der Waals surface area contributed by atoms with Crippen LogP contribution in [0.4, 0.5) is 32.0 Å². The first-order valence-corrected chi connectivity index (χ1v) is 20.8. The number of aromatic amines is 2. The number of halogens is 7. The third-order valence-electron chi connectivity index (χ3n) is 10.7. The lowest BCUT2D eigenvalue weighted by molar-refractivity contribution is -0.138. The van der Waals surface area contributed by atoms with Crippen molar-refractivity contribution in [2.75, 3.05) is 5.73 Å². The molecule has 0 radical (unpaired) electrons. The van der Waals surface area contributed by atoms with Gasteiger partial charge in [0.1, 0.15) is 23.2 Å². The zero-order valence-electron chi connectivity index (χ0n) is 36.5. The molecule has 0 unspecified atom stereocenters. The Hall–Kier alpha value is -8.33. The Labute approximate surface area is 391 Å². The fourth-order valence-electron chi connectivity index (χ4n) is 7.17. The highest BCUT2D eigenvalue weighted by molar-refractivity contribution is 6.67. The van der Waals surface area contributed by atoms with E-state index in [2.05, 4.69) is 44.7 Å². The summed E-state index contributed by atoms with van der Waals surface area (Å²) in [5.41, 5.74) is 11.5. The van der Waals surface area contributed by atoms with Gasteiger partial charge in [-0.05, 0) is 112 Å². The van der Waals surface area contributed by atoms with Crippen LogP contribution < -0.4 is 5.73 Å². The van der Waals surface area contributed by atoms with Gasteiger partial charge in [0.05, 0.1) is 69.4 Å². The van der Waals surface area contributed by atoms with Crippen molar-refractivity contribution in [3.8, 4) is 34.2 Å². The Kier molecular flexibility index (Phi) is 12.8. The first kappa shape index (κ1) is 47.2. The lowest BCUT2D eigenvalue weighted by Gasteiger charge is -2.13. The molecule has 15 nitrogen and oxygen atoms in total. The number of nitrogens with zero attached hydrogens (tertiary/aromatic N) is 8. The molecule has 0 amide bonds. The number of ketones is 1. The SMILES string of the molecule is Cc1cncn1-c1cc(-c2nc3ccc(N)cc3[nH]2)cc(C(F)(F)F)c1.Cc1oncc1C(=O)Cc1ccc2nc(-c3cc(-n4cncc4C)cc(C(F)(F)F)c3)[nH]c2c1.Cc1oncc1C(=O)Cl. The third kappa shape index (κ3) is 10.5. The van der Waals surface area contributed by atoms with E-state index < -0.39 is 28.7 Å². The average molecular weight is 968 g/mol. The highest BCUT2D eigenvalue weighted by Crippen LogP contribution is 2.36. The Morgan fingerprint density at radius 2 is 1.12 bits per heavy atom. The van der Waals surface area contributed by atoms with Gasteiger partial charge in [-0.2, -0.15) is 26.3 Å². The van der Waals surface area contributed by atoms with Crippen LogP contribution in [-0.2, 0) is 18.8 Å². The molecule has 0 fully saturated rings. The lowest BCUT2D eigenvalue weighted by Crippen LogP contribution is -2.07. The number of rotatable bonds is 8. The number of hydrogen-bond acceptors (Lipinski definition) is 11. The molecule has 0 aliphatic heterocycles. The number of hydrogen-bond donors (Lipinski definition) is 3. The van der Waals surface area contributed by atoms with E-state index in [1.807, 2.05) is 0 Å². The minimum Gasteiger partial charge on any atom is -0.399 e. The number of alkyl halides is 6. The van der Waals surface area contributed by atoms with Crippen molar-refractivity contribution in [1.29, 1.82) is 0 Å². The second-order valence-electron chi connectivity index (χ2n) is 15.6. The molecule has 0 atom stereocenters. The van der Waals surface area contributed by atoms with Crippen molar-refractivity contribution >= 4 is 50.4 Å². The van der Waals surface area contributed by atoms with Gasteiger partial charge in [-0.15, -0.1) is 0 Å². The number of fused-ring (bicyclic) bond motifs is 2. The first-order chi connectivity index (χ1) is 32.7. The molecule has 4 aromatic carbocycles. The van der Waals surface area contributed by atoms with E-state index in [1.165, 1.54) is 25.0 Å². The molecule has 10 rings (SSSR count). The van der Waals surface area contributed by atoms with E-state index in [9.17, 15) is 35.9 Å². The number of nitrogens with two attached hydrogens (primary N) is 1. The number of nitrogen functional groups attached to an aromatic ring is 1. The Balaban J connectivity index is 0.000000161. The number of carbonyl (C=O) groups is 2. The number of aromatic nitrogens is 10. The van der Waals surface area contributed by atoms with Crippen LogP contribution in [0.2, 0.25) is 0 Å². The minimum atomic E-state index is -4.53. The highest BCUT2D eigenvalue weighted by Gasteiger charge is 2.33. The van der Waals surface area contributed by atoms with Crippen LogP contribution in [0.5, 0.6) is 0 Å². The summed E-state index contributed by atoms with van der Waals surface area (Å²) in [5.74, 6) is 1.39. The van der Waals surface area contributed by atoms with Crippen molar-refractivity contribution < 1.29 is 45.0 Å².